The minimum Gasteiger partial charge on any atom is -0.443 e. The van der Waals surface area contributed by atoms with Gasteiger partial charge >= 0.3 is 6.09 Å². The highest BCUT2D eigenvalue weighted by atomic mass is 35.5. The van der Waals surface area contributed by atoms with Gasteiger partial charge in [0, 0.05) is 16.6 Å². The van der Waals surface area contributed by atoms with E-state index in [2.05, 4.69) is 5.43 Å². The maximum atomic E-state index is 12.6. The number of hydrogen-bond donors (Lipinski definition) is 1. The van der Waals surface area contributed by atoms with Crippen LogP contribution in [0.3, 0.4) is 0 Å². The molecule has 1 aromatic rings. The molecule has 6 heteroatoms. The zero-order valence-electron chi connectivity index (χ0n) is 13.9. The van der Waals surface area contributed by atoms with Crippen molar-refractivity contribution in [2.24, 2.45) is 0 Å². The van der Waals surface area contributed by atoms with Crippen molar-refractivity contribution in [2.45, 2.75) is 53.2 Å². The summed E-state index contributed by atoms with van der Waals surface area (Å²) in [5.41, 5.74) is 3.10. The first-order valence-corrected chi connectivity index (χ1v) is 7.48. The molecule has 0 unspecified atom stereocenters. The fourth-order valence-corrected chi connectivity index (χ4v) is 2.04. The van der Waals surface area contributed by atoms with Gasteiger partial charge in [-0.2, -0.15) is 0 Å². The van der Waals surface area contributed by atoms with Gasteiger partial charge in [-0.25, -0.2) is 15.2 Å². The SMILES string of the molecule is Cc1cc(Cl)ccc1C(=O)N(NC(=O)OC(C)(C)C)C(C)C. The molecule has 0 radical (unpaired) electrons. The van der Waals surface area contributed by atoms with E-state index in [9.17, 15) is 9.59 Å². The molecule has 0 saturated heterocycles. The Balaban J connectivity index is 2.95. The van der Waals surface area contributed by atoms with Crippen LogP contribution in [-0.2, 0) is 4.74 Å². The molecule has 1 N–H and O–H groups in total. The molecule has 2 amide bonds. The molecule has 0 heterocycles. The summed E-state index contributed by atoms with van der Waals surface area (Å²) in [6, 6.07) is 4.77. The molecular weight excluding hydrogens is 304 g/mol. The average molecular weight is 327 g/mol. The number of benzene rings is 1. The lowest BCUT2D eigenvalue weighted by atomic mass is 10.1. The van der Waals surface area contributed by atoms with Gasteiger partial charge in [-0.15, -0.1) is 0 Å². The molecule has 0 atom stereocenters. The quantitative estimate of drug-likeness (QED) is 0.837. The molecule has 0 aliphatic carbocycles. The number of carbonyl (C=O) groups excluding carboxylic acids is 2. The Kier molecular flexibility index (Phi) is 5.83. The van der Waals surface area contributed by atoms with Crippen LogP contribution in [0, 0.1) is 6.92 Å². The Hall–Kier alpha value is -1.75. The molecule has 0 fully saturated rings. The van der Waals surface area contributed by atoms with Gasteiger partial charge in [0.1, 0.15) is 5.60 Å². The summed E-state index contributed by atoms with van der Waals surface area (Å²) in [6.45, 7) is 10.7. The van der Waals surface area contributed by atoms with Crippen molar-refractivity contribution in [1.82, 2.24) is 10.4 Å². The summed E-state index contributed by atoms with van der Waals surface area (Å²) >= 11 is 5.91. The van der Waals surface area contributed by atoms with E-state index in [-0.39, 0.29) is 11.9 Å². The number of carbonyl (C=O) groups is 2. The highest BCUT2D eigenvalue weighted by Crippen LogP contribution is 2.17. The van der Waals surface area contributed by atoms with E-state index >= 15 is 0 Å². The van der Waals surface area contributed by atoms with Crippen LogP contribution in [0.15, 0.2) is 18.2 Å². The van der Waals surface area contributed by atoms with Gasteiger partial charge < -0.3 is 4.74 Å². The minimum atomic E-state index is -0.666. The number of hydrogen-bond acceptors (Lipinski definition) is 3. The highest BCUT2D eigenvalue weighted by Gasteiger charge is 2.25. The number of nitrogens with one attached hydrogen (secondary N) is 1. The second-order valence-corrected chi connectivity index (χ2v) is 6.78. The molecule has 1 rings (SSSR count). The van der Waals surface area contributed by atoms with Crippen molar-refractivity contribution in [2.75, 3.05) is 0 Å². The zero-order chi connectivity index (χ0) is 17.1. The van der Waals surface area contributed by atoms with Gasteiger partial charge in [-0.1, -0.05) is 11.6 Å². The predicted molar refractivity (Wildman–Crippen MR) is 86.9 cm³/mol. The van der Waals surface area contributed by atoms with E-state index in [1.165, 1.54) is 5.01 Å². The number of hydrazine groups is 1. The molecule has 0 aliphatic rings. The number of aryl methyl sites for hydroxylation is 1. The van der Waals surface area contributed by atoms with Crippen molar-refractivity contribution < 1.29 is 14.3 Å². The fourth-order valence-electron chi connectivity index (χ4n) is 1.81. The third-order valence-electron chi connectivity index (χ3n) is 2.76. The summed E-state index contributed by atoms with van der Waals surface area (Å²) in [5.74, 6) is -0.310. The normalized spacial score (nSPS) is 11.3. The van der Waals surface area contributed by atoms with Gasteiger partial charge in [0.2, 0.25) is 0 Å². The Labute approximate surface area is 136 Å². The third-order valence-corrected chi connectivity index (χ3v) is 3.00. The second-order valence-electron chi connectivity index (χ2n) is 6.34. The van der Waals surface area contributed by atoms with E-state index in [1.54, 1.807) is 59.7 Å². The molecule has 0 aliphatic heterocycles. The first kappa shape index (κ1) is 18.3. The molecule has 122 valence electrons. The van der Waals surface area contributed by atoms with E-state index in [0.29, 0.717) is 10.6 Å². The van der Waals surface area contributed by atoms with Crippen LogP contribution in [0.2, 0.25) is 5.02 Å². The molecule has 1 aromatic carbocycles. The smallest absolute Gasteiger partial charge is 0.426 e. The number of nitrogens with zero attached hydrogens (tertiary/aromatic N) is 1. The first-order valence-electron chi connectivity index (χ1n) is 7.10. The van der Waals surface area contributed by atoms with Crippen molar-refractivity contribution in [3.8, 4) is 0 Å². The van der Waals surface area contributed by atoms with Crippen LogP contribution in [0.25, 0.3) is 0 Å². The summed E-state index contributed by atoms with van der Waals surface area (Å²) < 4.78 is 5.19. The topological polar surface area (TPSA) is 58.6 Å². The molecule has 0 spiro atoms. The van der Waals surface area contributed by atoms with Gasteiger partial charge in [0.05, 0.1) is 0 Å². The van der Waals surface area contributed by atoms with Gasteiger partial charge in [-0.05, 0) is 65.3 Å². The summed E-state index contributed by atoms with van der Waals surface area (Å²) in [6.07, 6.45) is -0.666. The zero-order valence-corrected chi connectivity index (χ0v) is 14.6. The van der Waals surface area contributed by atoms with Crippen LogP contribution in [0.5, 0.6) is 0 Å². The Morgan fingerprint density at radius 3 is 2.32 bits per heavy atom. The lowest BCUT2D eigenvalue weighted by molar-refractivity contribution is 0.0242. The minimum absolute atomic E-state index is 0.227. The van der Waals surface area contributed by atoms with Crippen molar-refractivity contribution in [1.29, 1.82) is 0 Å². The Bertz CT molecular complexity index is 565. The van der Waals surface area contributed by atoms with E-state index in [0.717, 1.165) is 5.56 Å². The maximum absolute atomic E-state index is 12.6. The lowest BCUT2D eigenvalue weighted by Crippen LogP contribution is -2.51. The van der Waals surface area contributed by atoms with Crippen molar-refractivity contribution in [3.63, 3.8) is 0 Å². The molecule has 5 nitrogen and oxygen atoms in total. The molecule has 0 aromatic heterocycles. The van der Waals surface area contributed by atoms with Crippen molar-refractivity contribution >= 4 is 23.6 Å². The van der Waals surface area contributed by atoms with E-state index < -0.39 is 11.7 Å². The molecule has 0 saturated carbocycles. The number of ether oxygens (including phenoxy) is 1. The fraction of sp³-hybridized carbons (Fsp3) is 0.500. The predicted octanol–water partition coefficient (Wildman–Crippen LogP) is 3.94. The Morgan fingerprint density at radius 1 is 1.27 bits per heavy atom. The Morgan fingerprint density at radius 2 is 1.86 bits per heavy atom. The maximum Gasteiger partial charge on any atom is 0.426 e. The van der Waals surface area contributed by atoms with Gasteiger partial charge in [0.15, 0.2) is 0 Å². The van der Waals surface area contributed by atoms with E-state index in [1.807, 2.05) is 0 Å². The van der Waals surface area contributed by atoms with Crippen LogP contribution in [0.4, 0.5) is 4.79 Å². The average Bonchev–Trinajstić information content (AvgIpc) is 2.32. The lowest BCUT2D eigenvalue weighted by Gasteiger charge is -2.29. The van der Waals surface area contributed by atoms with Crippen LogP contribution < -0.4 is 5.43 Å². The van der Waals surface area contributed by atoms with Crippen LogP contribution in [0.1, 0.15) is 50.5 Å². The largest absolute Gasteiger partial charge is 0.443 e. The van der Waals surface area contributed by atoms with Crippen LogP contribution >= 0.6 is 11.6 Å². The molecular formula is C16H23ClN2O3. The third kappa shape index (κ3) is 5.22. The number of amides is 2. The number of rotatable bonds is 2. The summed E-state index contributed by atoms with van der Waals surface area (Å²) in [7, 11) is 0. The monoisotopic (exact) mass is 326 g/mol. The standard InChI is InChI=1S/C16H23ClN2O3/c1-10(2)19(18-15(21)22-16(4,5)6)14(20)13-8-7-12(17)9-11(13)3/h7-10H,1-6H3,(H,18,21). The van der Waals surface area contributed by atoms with Gasteiger partial charge in [-0.3, -0.25) is 4.79 Å². The highest BCUT2D eigenvalue weighted by molar-refractivity contribution is 6.30. The van der Waals surface area contributed by atoms with Crippen molar-refractivity contribution in [3.05, 3.63) is 34.3 Å². The molecule has 22 heavy (non-hydrogen) atoms. The second kappa shape index (κ2) is 7.01. The van der Waals surface area contributed by atoms with Gasteiger partial charge in [0.25, 0.3) is 5.91 Å². The molecule has 0 bridgehead atoms. The summed E-state index contributed by atoms with van der Waals surface area (Å²) in [5, 5.41) is 1.81. The summed E-state index contributed by atoms with van der Waals surface area (Å²) in [4.78, 5) is 24.5. The van der Waals surface area contributed by atoms with E-state index in [4.69, 9.17) is 16.3 Å². The first-order chi connectivity index (χ1) is 10.0. The van der Waals surface area contributed by atoms with Crippen LogP contribution in [-0.4, -0.2) is 28.7 Å². The number of halogens is 1.